The summed E-state index contributed by atoms with van der Waals surface area (Å²) in [7, 11) is 0. The summed E-state index contributed by atoms with van der Waals surface area (Å²) in [5.41, 5.74) is 1.05. The Labute approximate surface area is 162 Å². The lowest BCUT2D eigenvalue weighted by Crippen LogP contribution is -2.40. The average Bonchev–Trinajstić information content (AvgIpc) is 2.92. The molecule has 7 heteroatoms. The highest BCUT2D eigenvalue weighted by molar-refractivity contribution is 5.81. The van der Waals surface area contributed by atoms with Gasteiger partial charge in [-0.05, 0) is 38.5 Å². The molecule has 0 unspecified atom stereocenters. The van der Waals surface area contributed by atoms with Gasteiger partial charge in [-0.2, -0.15) is 0 Å². The Bertz CT molecular complexity index is 630. The Morgan fingerprint density at radius 2 is 1.85 bits per heavy atom. The zero-order valence-corrected chi connectivity index (χ0v) is 16.7. The number of aliphatic imine (C=N–C) groups is 1. The summed E-state index contributed by atoms with van der Waals surface area (Å²) in [5, 5.41) is 6.45. The topological polar surface area (TPSA) is 75.2 Å². The van der Waals surface area contributed by atoms with Gasteiger partial charge in [0.2, 0.25) is 5.91 Å². The zero-order chi connectivity index (χ0) is 19.5. The second-order valence-corrected chi connectivity index (χ2v) is 6.27. The fraction of sp³-hybridized carbons (Fsp3) is 0.600. The lowest BCUT2D eigenvalue weighted by atomic mass is 10.2. The van der Waals surface area contributed by atoms with Gasteiger partial charge in [0.05, 0.1) is 19.8 Å². The van der Waals surface area contributed by atoms with E-state index in [0.29, 0.717) is 38.7 Å². The standard InChI is InChI=1S/C20H32N4O3/c1-4-21-20(22-11-10-19(25)24(5-2)6-3)23-15-16-8-9-17-18(14-16)27-13-7-12-26-17/h8-9,14H,4-7,10-13,15H2,1-3H3,(H2,21,22,23). The van der Waals surface area contributed by atoms with E-state index in [1.54, 1.807) is 0 Å². The van der Waals surface area contributed by atoms with Crippen molar-refractivity contribution in [1.29, 1.82) is 0 Å². The van der Waals surface area contributed by atoms with E-state index in [1.807, 2.05) is 43.9 Å². The number of carbonyl (C=O) groups is 1. The number of benzene rings is 1. The molecule has 0 radical (unpaired) electrons. The molecule has 1 aliphatic heterocycles. The van der Waals surface area contributed by atoms with Crippen LogP contribution in [0, 0.1) is 0 Å². The third kappa shape index (κ3) is 6.66. The molecule has 27 heavy (non-hydrogen) atoms. The van der Waals surface area contributed by atoms with E-state index in [4.69, 9.17) is 9.47 Å². The summed E-state index contributed by atoms with van der Waals surface area (Å²) in [6, 6.07) is 5.93. The van der Waals surface area contributed by atoms with Gasteiger partial charge in [-0.15, -0.1) is 0 Å². The SMILES string of the molecule is CCNC(=NCc1ccc2c(c1)OCCCO2)NCCC(=O)N(CC)CC. The molecule has 7 nitrogen and oxygen atoms in total. The van der Waals surface area contributed by atoms with E-state index in [1.165, 1.54) is 0 Å². The van der Waals surface area contributed by atoms with E-state index >= 15 is 0 Å². The van der Waals surface area contributed by atoms with E-state index in [2.05, 4.69) is 15.6 Å². The summed E-state index contributed by atoms with van der Waals surface area (Å²) in [5.74, 6) is 2.44. The molecule has 1 amide bonds. The number of ether oxygens (including phenoxy) is 2. The molecule has 1 aromatic carbocycles. The van der Waals surface area contributed by atoms with Crippen LogP contribution in [0.25, 0.3) is 0 Å². The van der Waals surface area contributed by atoms with Crippen LogP contribution >= 0.6 is 0 Å². The highest BCUT2D eigenvalue weighted by atomic mass is 16.5. The molecule has 0 saturated carbocycles. The summed E-state index contributed by atoms with van der Waals surface area (Å²) in [4.78, 5) is 18.5. The Hall–Kier alpha value is -2.44. The number of rotatable bonds is 8. The summed E-state index contributed by atoms with van der Waals surface area (Å²) >= 11 is 0. The van der Waals surface area contributed by atoms with Gasteiger partial charge < -0.3 is 25.0 Å². The smallest absolute Gasteiger partial charge is 0.224 e. The number of hydrogen-bond acceptors (Lipinski definition) is 4. The van der Waals surface area contributed by atoms with Crippen LogP contribution in [0.3, 0.4) is 0 Å². The van der Waals surface area contributed by atoms with Gasteiger partial charge in [-0.1, -0.05) is 6.07 Å². The molecule has 0 atom stereocenters. The minimum absolute atomic E-state index is 0.159. The lowest BCUT2D eigenvalue weighted by Gasteiger charge is -2.19. The van der Waals surface area contributed by atoms with Gasteiger partial charge in [0.25, 0.3) is 0 Å². The van der Waals surface area contributed by atoms with Crippen LogP contribution in [0.1, 0.15) is 39.2 Å². The van der Waals surface area contributed by atoms with Gasteiger partial charge in [0, 0.05) is 39.0 Å². The van der Waals surface area contributed by atoms with Crippen molar-refractivity contribution in [3.8, 4) is 11.5 Å². The fourth-order valence-corrected chi connectivity index (χ4v) is 2.84. The van der Waals surface area contributed by atoms with Crippen LogP contribution in [-0.2, 0) is 11.3 Å². The molecule has 1 aromatic rings. The minimum atomic E-state index is 0.159. The normalized spacial score (nSPS) is 13.7. The van der Waals surface area contributed by atoms with Crippen LogP contribution in [0.2, 0.25) is 0 Å². The van der Waals surface area contributed by atoms with Gasteiger partial charge in [0.1, 0.15) is 0 Å². The summed E-state index contributed by atoms with van der Waals surface area (Å²) in [6.45, 7) is 10.7. The van der Waals surface area contributed by atoms with Gasteiger partial charge in [-0.25, -0.2) is 4.99 Å². The quantitative estimate of drug-likeness (QED) is 0.537. The molecular formula is C20H32N4O3. The van der Waals surface area contributed by atoms with E-state index in [9.17, 15) is 4.79 Å². The van der Waals surface area contributed by atoms with Crippen molar-refractivity contribution < 1.29 is 14.3 Å². The maximum atomic E-state index is 12.1. The molecule has 0 saturated heterocycles. The molecular weight excluding hydrogens is 344 g/mol. The number of nitrogens with one attached hydrogen (secondary N) is 2. The van der Waals surface area contributed by atoms with Crippen LogP contribution in [0.15, 0.2) is 23.2 Å². The van der Waals surface area contributed by atoms with Crippen LogP contribution in [0.4, 0.5) is 0 Å². The number of hydrogen-bond donors (Lipinski definition) is 2. The number of guanidine groups is 1. The van der Waals surface area contributed by atoms with Gasteiger partial charge in [-0.3, -0.25) is 4.79 Å². The fourth-order valence-electron chi connectivity index (χ4n) is 2.84. The molecule has 1 heterocycles. The summed E-state index contributed by atoms with van der Waals surface area (Å²) < 4.78 is 11.4. The Kier molecular flexibility index (Phi) is 8.74. The first-order chi connectivity index (χ1) is 13.2. The van der Waals surface area contributed by atoms with Crippen LogP contribution in [0.5, 0.6) is 11.5 Å². The van der Waals surface area contributed by atoms with Crippen molar-refractivity contribution in [1.82, 2.24) is 15.5 Å². The number of fused-ring (bicyclic) bond motifs is 1. The predicted molar refractivity (Wildman–Crippen MR) is 107 cm³/mol. The number of carbonyl (C=O) groups excluding carboxylic acids is 1. The maximum absolute atomic E-state index is 12.1. The van der Waals surface area contributed by atoms with E-state index < -0.39 is 0 Å². The van der Waals surface area contributed by atoms with Crippen molar-refractivity contribution in [3.05, 3.63) is 23.8 Å². The molecule has 2 rings (SSSR count). The zero-order valence-electron chi connectivity index (χ0n) is 16.7. The Morgan fingerprint density at radius 1 is 1.11 bits per heavy atom. The maximum Gasteiger partial charge on any atom is 0.224 e. The van der Waals surface area contributed by atoms with Gasteiger partial charge in [0.15, 0.2) is 17.5 Å². The largest absolute Gasteiger partial charge is 0.490 e. The van der Waals surface area contributed by atoms with E-state index in [-0.39, 0.29) is 5.91 Å². The Morgan fingerprint density at radius 3 is 2.56 bits per heavy atom. The van der Waals surface area contributed by atoms with E-state index in [0.717, 1.165) is 43.1 Å². The third-order valence-corrected chi connectivity index (χ3v) is 4.32. The lowest BCUT2D eigenvalue weighted by molar-refractivity contribution is -0.130. The van der Waals surface area contributed by atoms with Crippen molar-refractivity contribution in [3.63, 3.8) is 0 Å². The number of amides is 1. The highest BCUT2D eigenvalue weighted by Crippen LogP contribution is 2.30. The molecule has 0 bridgehead atoms. The molecule has 0 aliphatic carbocycles. The summed E-state index contributed by atoms with van der Waals surface area (Å²) in [6.07, 6.45) is 1.35. The highest BCUT2D eigenvalue weighted by Gasteiger charge is 2.11. The van der Waals surface area contributed by atoms with Crippen molar-refractivity contribution >= 4 is 11.9 Å². The monoisotopic (exact) mass is 376 g/mol. The second kappa shape index (κ2) is 11.3. The van der Waals surface area contributed by atoms with Crippen molar-refractivity contribution in [2.75, 3.05) is 39.4 Å². The first-order valence-corrected chi connectivity index (χ1v) is 9.86. The average molecular weight is 377 g/mol. The molecule has 0 fully saturated rings. The first-order valence-electron chi connectivity index (χ1n) is 9.86. The first kappa shape index (κ1) is 20.9. The third-order valence-electron chi connectivity index (χ3n) is 4.32. The minimum Gasteiger partial charge on any atom is -0.490 e. The van der Waals surface area contributed by atoms with Gasteiger partial charge >= 0.3 is 0 Å². The molecule has 2 N–H and O–H groups in total. The van der Waals surface area contributed by atoms with Crippen molar-refractivity contribution in [2.45, 2.75) is 40.2 Å². The number of nitrogens with zero attached hydrogens (tertiary/aromatic N) is 2. The van der Waals surface area contributed by atoms with Crippen LogP contribution in [-0.4, -0.2) is 56.2 Å². The Balaban J connectivity index is 1.91. The van der Waals surface area contributed by atoms with Crippen molar-refractivity contribution in [2.24, 2.45) is 4.99 Å². The molecule has 0 spiro atoms. The second-order valence-electron chi connectivity index (χ2n) is 6.27. The molecule has 0 aromatic heterocycles. The predicted octanol–water partition coefficient (Wildman–Crippen LogP) is 2.16. The molecule has 150 valence electrons. The molecule has 1 aliphatic rings. The van der Waals surface area contributed by atoms with Crippen LogP contribution < -0.4 is 20.1 Å².